The summed E-state index contributed by atoms with van der Waals surface area (Å²) in [6.07, 6.45) is 0. The number of benzene rings is 2. The average molecular weight is 302 g/mol. The zero-order valence-corrected chi connectivity index (χ0v) is 11.7. The molecular weight excluding hydrogens is 291 g/mol. The highest BCUT2D eigenvalue weighted by Crippen LogP contribution is 2.11. The van der Waals surface area contributed by atoms with Crippen LogP contribution in [0.3, 0.4) is 0 Å². The van der Waals surface area contributed by atoms with Crippen molar-refractivity contribution in [3.8, 4) is 6.07 Å². The number of nitrogens with one attached hydrogen (secondary N) is 1. The van der Waals surface area contributed by atoms with Crippen molar-refractivity contribution in [2.45, 2.75) is 4.90 Å². The largest absolute Gasteiger partial charge is 0.325 e. The van der Waals surface area contributed by atoms with Crippen molar-refractivity contribution >= 4 is 22.4 Å². The summed E-state index contributed by atoms with van der Waals surface area (Å²) in [4.78, 5) is 12.2. The minimum absolute atomic E-state index is 0.217. The van der Waals surface area contributed by atoms with E-state index >= 15 is 0 Å². The lowest BCUT2D eigenvalue weighted by atomic mass is 10.2. The lowest BCUT2D eigenvalue weighted by Crippen LogP contribution is -2.19. The Morgan fingerprint density at radius 3 is 2.33 bits per heavy atom. The van der Waals surface area contributed by atoms with Gasteiger partial charge in [-0.3, -0.25) is 9.00 Å². The number of anilines is 1. The number of hydrogen-bond donors (Lipinski definition) is 1. The Balaban J connectivity index is 1.96. The second-order valence-corrected chi connectivity index (χ2v) is 5.63. The molecule has 0 aromatic heterocycles. The van der Waals surface area contributed by atoms with E-state index in [9.17, 15) is 13.4 Å². The summed E-state index contributed by atoms with van der Waals surface area (Å²) >= 11 is 0. The molecule has 0 saturated carbocycles. The minimum Gasteiger partial charge on any atom is -0.325 e. The number of carbonyl (C=O) groups is 1. The van der Waals surface area contributed by atoms with Crippen molar-refractivity contribution in [1.29, 1.82) is 5.26 Å². The van der Waals surface area contributed by atoms with Gasteiger partial charge in [-0.1, -0.05) is 0 Å². The van der Waals surface area contributed by atoms with Crippen LogP contribution in [0.25, 0.3) is 0 Å². The van der Waals surface area contributed by atoms with Crippen molar-refractivity contribution in [2.24, 2.45) is 0 Å². The summed E-state index contributed by atoms with van der Waals surface area (Å²) in [7, 11) is -1.53. The molecule has 0 aliphatic rings. The van der Waals surface area contributed by atoms with Gasteiger partial charge in [0.05, 0.1) is 22.4 Å². The van der Waals surface area contributed by atoms with Crippen LogP contribution in [0.2, 0.25) is 0 Å². The van der Waals surface area contributed by atoms with Crippen LogP contribution in [0.15, 0.2) is 53.4 Å². The summed E-state index contributed by atoms with van der Waals surface area (Å²) in [6.45, 7) is 0. The van der Waals surface area contributed by atoms with E-state index in [0.29, 0.717) is 16.1 Å². The Kier molecular flexibility index (Phi) is 4.80. The molecule has 0 heterocycles. The molecule has 2 aromatic carbocycles. The Morgan fingerprint density at radius 1 is 1.14 bits per heavy atom. The van der Waals surface area contributed by atoms with E-state index in [4.69, 9.17) is 5.26 Å². The van der Waals surface area contributed by atoms with Gasteiger partial charge in [-0.2, -0.15) is 5.26 Å². The third-order valence-electron chi connectivity index (χ3n) is 2.64. The summed E-state index contributed by atoms with van der Waals surface area (Å²) in [5.74, 6) is -1.05. The van der Waals surface area contributed by atoms with Crippen molar-refractivity contribution in [2.75, 3.05) is 11.1 Å². The van der Waals surface area contributed by atoms with Crippen molar-refractivity contribution in [1.82, 2.24) is 0 Å². The number of carbonyl (C=O) groups excluding carboxylic acids is 1. The molecule has 106 valence electrons. The second kappa shape index (κ2) is 6.77. The first-order chi connectivity index (χ1) is 10.1. The monoisotopic (exact) mass is 302 g/mol. The van der Waals surface area contributed by atoms with E-state index in [1.54, 1.807) is 24.3 Å². The van der Waals surface area contributed by atoms with Gasteiger partial charge in [0, 0.05) is 10.6 Å². The maximum Gasteiger partial charge on any atom is 0.237 e. The van der Waals surface area contributed by atoms with Gasteiger partial charge < -0.3 is 5.32 Å². The molecule has 2 aromatic rings. The Bertz CT molecular complexity index is 706. The van der Waals surface area contributed by atoms with Gasteiger partial charge in [-0.25, -0.2) is 4.39 Å². The molecule has 6 heteroatoms. The molecule has 0 fully saturated rings. The highest BCUT2D eigenvalue weighted by Gasteiger charge is 2.10. The van der Waals surface area contributed by atoms with E-state index in [1.165, 1.54) is 24.3 Å². The fourth-order valence-corrected chi connectivity index (χ4v) is 2.53. The number of amides is 1. The zero-order valence-electron chi connectivity index (χ0n) is 10.9. The summed E-state index contributed by atoms with van der Waals surface area (Å²) in [6, 6.07) is 13.5. The molecule has 4 nitrogen and oxygen atoms in total. The minimum atomic E-state index is -1.53. The molecular formula is C15H11FN2O2S. The molecule has 1 atom stereocenters. The Hall–Kier alpha value is -2.52. The van der Waals surface area contributed by atoms with Crippen LogP contribution >= 0.6 is 0 Å². The molecule has 0 spiro atoms. The quantitative estimate of drug-likeness (QED) is 0.943. The predicted octanol–water partition coefficient (Wildman–Crippen LogP) is 2.44. The van der Waals surface area contributed by atoms with Gasteiger partial charge in [0.1, 0.15) is 11.6 Å². The number of nitriles is 1. The lowest BCUT2D eigenvalue weighted by molar-refractivity contribution is -0.113. The summed E-state index contributed by atoms with van der Waals surface area (Å²) in [5, 5.41) is 11.3. The van der Waals surface area contributed by atoms with Crippen LogP contribution in [0.5, 0.6) is 0 Å². The fraction of sp³-hybridized carbons (Fsp3) is 0.0667. The van der Waals surface area contributed by atoms with Crippen LogP contribution in [0, 0.1) is 17.1 Å². The fourth-order valence-electron chi connectivity index (χ4n) is 1.61. The van der Waals surface area contributed by atoms with E-state index < -0.39 is 22.5 Å². The molecule has 1 amide bonds. The first-order valence-corrected chi connectivity index (χ1v) is 7.34. The van der Waals surface area contributed by atoms with Gasteiger partial charge >= 0.3 is 0 Å². The Labute approximate surface area is 123 Å². The van der Waals surface area contributed by atoms with Gasteiger partial charge in [-0.15, -0.1) is 0 Å². The first kappa shape index (κ1) is 14.9. The summed E-state index contributed by atoms with van der Waals surface area (Å²) < 4.78 is 24.7. The van der Waals surface area contributed by atoms with E-state index in [2.05, 4.69) is 5.32 Å². The molecule has 0 bridgehead atoms. The van der Waals surface area contributed by atoms with Crippen molar-refractivity contribution < 1.29 is 13.4 Å². The molecule has 0 saturated heterocycles. The number of rotatable bonds is 4. The topological polar surface area (TPSA) is 70.0 Å². The lowest BCUT2D eigenvalue weighted by Gasteiger charge is -2.05. The predicted molar refractivity (Wildman–Crippen MR) is 77.5 cm³/mol. The third-order valence-corrected chi connectivity index (χ3v) is 3.96. The first-order valence-electron chi connectivity index (χ1n) is 6.02. The normalized spacial score (nSPS) is 11.4. The highest BCUT2D eigenvalue weighted by molar-refractivity contribution is 7.85. The molecule has 2 rings (SSSR count). The van der Waals surface area contributed by atoms with Crippen LogP contribution in [0.1, 0.15) is 5.56 Å². The highest BCUT2D eigenvalue weighted by atomic mass is 32.2. The number of hydrogen-bond acceptors (Lipinski definition) is 3. The average Bonchev–Trinajstić information content (AvgIpc) is 2.48. The van der Waals surface area contributed by atoms with Gasteiger partial charge in [0.2, 0.25) is 5.91 Å². The second-order valence-electron chi connectivity index (χ2n) is 4.18. The van der Waals surface area contributed by atoms with Gasteiger partial charge in [-0.05, 0) is 48.5 Å². The molecule has 21 heavy (non-hydrogen) atoms. The van der Waals surface area contributed by atoms with E-state index in [1.807, 2.05) is 6.07 Å². The Morgan fingerprint density at radius 2 is 1.76 bits per heavy atom. The molecule has 1 unspecified atom stereocenters. The van der Waals surface area contributed by atoms with Crippen molar-refractivity contribution in [3.05, 3.63) is 59.9 Å². The third kappa shape index (κ3) is 4.23. The van der Waals surface area contributed by atoms with Crippen molar-refractivity contribution in [3.63, 3.8) is 0 Å². The maximum absolute atomic E-state index is 12.8. The smallest absolute Gasteiger partial charge is 0.237 e. The van der Waals surface area contributed by atoms with Gasteiger partial charge in [0.25, 0.3) is 0 Å². The molecule has 1 N–H and O–H groups in total. The van der Waals surface area contributed by atoms with E-state index in [-0.39, 0.29) is 5.75 Å². The maximum atomic E-state index is 12.8. The van der Waals surface area contributed by atoms with Gasteiger partial charge in [0.15, 0.2) is 0 Å². The molecule has 0 aliphatic heterocycles. The van der Waals surface area contributed by atoms with Crippen LogP contribution in [-0.4, -0.2) is 15.9 Å². The van der Waals surface area contributed by atoms with Crippen LogP contribution in [-0.2, 0) is 15.6 Å². The number of halogens is 1. The van der Waals surface area contributed by atoms with E-state index in [0.717, 1.165) is 0 Å². The molecule has 0 aliphatic carbocycles. The number of nitrogens with zero attached hydrogens (tertiary/aromatic N) is 1. The molecule has 0 radical (unpaired) electrons. The van der Waals surface area contributed by atoms with Crippen LogP contribution in [0.4, 0.5) is 10.1 Å². The van der Waals surface area contributed by atoms with Crippen LogP contribution < -0.4 is 5.32 Å². The SMILES string of the molecule is N#Cc1ccc(NC(=O)CS(=O)c2ccc(F)cc2)cc1. The summed E-state index contributed by atoms with van der Waals surface area (Å²) in [5.41, 5.74) is 1.01. The standard InChI is InChI=1S/C15H11FN2O2S/c16-12-3-7-14(8-4-12)21(20)10-15(19)18-13-5-1-11(9-17)2-6-13/h1-8H,10H2,(H,18,19). The zero-order chi connectivity index (χ0) is 15.2.